The first-order valence-electron chi connectivity index (χ1n) is 9.50. The van der Waals surface area contributed by atoms with E-state index in [4.69, 9.17) is 10.5 Å². The number of aromatic nitrogens is 4. The van der Waals surface area contributed by atoms with Gasteiger partial charge in [0.2, 0.25) is 0 Å². The van der Waals surface area contributed by atoms with E-state index in [1.807, 2.05) is 6.07 Å². The van der Waals surface area contributed by atoms with Crippen LogP contribution in [0.2, 0.25) is 0 Å². The number of benzene rings is 1. The molecule has 28 heavy (non-hydrogen) atoms. The molecule has 0 radical (unpaired) electrons. The first kappa shape index (κ1) is 18.3. The van der Waals surface area contributed by atoms with Gasteiger partial charge >= 0.3 is 0 Å². The minimum absolute atomic E-state index is 0.302. The molecule has 0 saturated heterocycles. The molecule has 144 valence electrons. The standard InChI is InChI=1S/C21H22FN5O/c22-20-17(18-12-27-19(23)13-26-18)7-6-16(14-3-1-4-14)21(20)28-10-2-5-15-11-24-8-9-25-15/h6-9,11-14H,1-5,10H2,(H2,23,27). The van der Waals surface area contributed by atoms with Crippen LogP contribution in [0, 0.1) is 5.82 Å². The van der Waals surface area contributed by atoms with Gasteiger partial charge in [0.15, 0.2) is 11.6 Å². The fraction of sp³-hybridized carbons (Fsp3) is 0.333. The Labute approximate surface area is 163 Å². The van der Waals surface area contributed by atoms with E-state index in [-0.39, 0.29) is 5.82 Å². The van der Waals surface area contributed by atoms with E-state index < -0.39 is 0 Å². The monoisotopic (exact) mass is 379 g/mol. The van der Waals surface area contributed by atoms with Crippen molar-refractivity contribution in [2.75, 3.05) is 12.3 Å². The van der Waals surface area contributed by atoms with Gasteiger partial charge in [-0.1, -0.05) is 12.5 Å². The van der Waals surface area contributed by atoms with Crippen LogP contribution in [0.25, 0.3) is 11.3 Å². The van der Waals surface area contributed by atoms with E-state index in [1.165, 1.54) is 18.8 Å². The number of aryl methyl sites for hydroxylation is 1. The number of ether oxygens (including phenoxy) is 1. The van der Waals surface area contributed by atoms with Crippen LogP contribution in [0.4, 0.5) is 10.2 Å². The highest BCUT2D eigenvalue weighted by molar-refractivity contribution is 5.64. The highest BCUT2D eigenvalue weighted by Gasteiger charge is 2.26. The first-order valence-corrected chi connectivity index (χ1v) is 9.50. The number of halogens is 1. The van der Waals surface area contributed by atoms with Crippen LogP contribution in [-0.4, -0.2) is 26.5 Å². The van der Waals surface area contributed by atoms with Crippen molar-refractivity contribution in [3.8, 4) is 17.0 Å². The molecule has 6 nitrogen and oxygen atoms in total. The molecule has 1 aromatic carbocycles. The number of nitrogens with two attached hydrogens (primary N) is 1. The van der Waals surface area contributed by atoms with E-state index in [0.29, 0.717) is 35.3 Å². The minimum atomic E-state index is -0.386. The molecule has 0 atom stereocenters. The lowest BCUT2D eigenvalue weighted by atomic mass is 9.79. The van der Waals surface area contributed by atoms with Crippen LogP contribution in [-0.2, 0) is 6.42 Å². The average molecular weight is 379 g/mol. The highest BCUT2D eigenvalue weighted by Crippen LogP contribution is 2.43. The van der Waals surface area contributed by atoms with Crippen LogP contribution >= 0.6 is 0 Å². The molecule has 0 spiro atoms. The van der Waals surface area contributed by atoms with Crippen molar-refractivity contribution in [3.05, 3.63) is 60.2 Å². The summed E-state index contributed by atoms with van der Waals surface area (Å²) in [5.74, 6) is 0.606. The Morgan fingerprint density at radius 3 is 2.64 bits per heavy atom. The zero-order valence-electron chi connectivity index (χ0n) is 15.5. The molecule has 3 aromatic rings. The third-order valence-corrected chi connectivity index (χ3v) is 5.06. The SMILES string of the molecule is Nc1cnc(-c2ccc(C3CCC3)c(OCCCc3cnccn3)c2F)cn1. The highest BCUT2D eigenvalue weighted by atomic mass is 19.1. The summed E-state index contributed by atoms with van der Waals surface area (Å²) in [4.78, 5) is 16.5. The number of nitrogens with zero attached hydrogens (tertiary/aromatic N) is 4. The summed E-state index contributed by atoms with van der Waals surface area (Å²) >= 11 is 0. The lowest BCUT2D eigenvalue weighted by Gasteiger charge is -2.28. The third-order valence-electron chi connectivity index (χ3n) is 5.06. The Balaban J connectivity index is 1.54. The van der Waals surface area contributed by atoms with Gasteiger partial charge in [-0.15, -0.1) is 0 Å². The lowest BCUT2D eigenvalue weighted by Crippen LogP contribution is -2.13. The minimum Gasteiger partial charge on any atom is -0.490 e. The fourth-order valence-electron chi connectivity index (χ4n) is 3.32. The van der Waals surface area contributed by atoms with Crippen molar-refractivity contribution in [3.63, 3.8) is 0 Å². The van der Waals surface area contributed by atoms with Gasteiger partial charge in [0.1, 0.15) is 5.82 Å². The smallest absolute Gasteiger partial charge is 0.174 e. The second-order valence-corrected chi connectivity index (χ2v) is 6.95. The van der Waals surface area contributed by atoms with Crippen molar-refractivity contribution in [1.82, 2.24) is 19.9 Å². The second-order valence-electron chi connectivity index (χ2n) is 6.95. The molecule has 2 N–H and O–H groups in total. The maximum Gasteiger partial charge on any atom is 0.174 e. The van der Waals surface area contributed by atoms with E-state index in [0.717, 1.165) is 36.9 Å². The van der Waals surface area contributed by atoms with Crippen LogP contribution in [0.15, 0.2) is 43.1 Å². The van der Waals surface area contributed by atoms with Crippen LogP contribution in [0.5, 0.6) is 5.75 Å². The Morgan fingerprint density at radius 1 is 1.07 bits per heavy atom. The Bertz CT molecular complexity index is 930. The average Bonchev–Trinajstić information content (AvgIpc) is 2.67. The van der Waals surface area contributed by atoms with E-state index in [1.54, 1.807) is 24.7 Å². The summed E-state index contributed by atoms with van der Waals surface area (Å²) in [6.07, 6.45) is 12.7. The summed E-state index contributed by atoms with van der Waals surface area (Å²) in [5.41, 5.74) is 8.24. The summed E-state index contributed by atoms with van der Waals surface area (Å²) in [5, 5.41) is 0. The molecule has 2 heterocycles. The van der Waals surface area contributed by atoms with Crippen molar-refractivity contribution < 1.29 is 9.13 Å². The quantitative estimate of drug-likeness (QED) is 0.626. The van der Waals surface area contributed by atoms with Gasteiger partial charge < -0.3 is 10.5 Å². The Hall–Kier alpha value is -3.09. The lowest BCUT2D eigenvalue weighted by molar-refractivity contribution is 0.283. The predicted octanol–water partition coefficient (Wildman–Crippen LogP) is 3.93. The van der Waals surface area contributed by atoms with Crippen LogP contribution in [0.3, 0.4) is 0 Å². The number of hydrogen-bond acceptors (Lipinski definition) is 6. The van der Waals surface area contributed by atoms with Crippen molar-refractivity contribution >= 4 is 5.82 Å². The zero-order chi connectivity index (χ0) is 19.3. The molecular weight excluding hydrogens is 357 g/mol. The summed E-state index contributed by atoms with van der Waals surface area (Å²) < 4.78 is 21.3. The summed E-state index contributed by atoms with van der Waals surface area (Å²) in [6.45, 7) is 0.407. The van der Waals surface area contributed by atoms with Crippen LogP contribution in [0.1, 0.15) is 42.9 Å². The third kappa shape index (κ3) is 3.93. The topological polar surface area (TPSA) is 86.8 Å². The normalized spacial score (nSPS) is 13.9. The number of anilines is 1. The second kappa shape index (κ2) is 8.29. The maximum absolute atomic E-state index is 15.3. The Morgan fingerprint density at radius 2 is 1.96 bits per heavy atom. The maximum atomic E-state index is 15.3. The molecule has 0 bridgehead atoms. The molecule has 1 fully saturated rings. The molecule has 0 aliphatic heterocycles. The molecule has 1 aliphatic carbocycles. The molecule has 4 rings (SSSR count). The number of rotatable bonds is 7. The summed E-state index contributed by atoms with van der Waals surface area (Å²) in [6, 6.07) is 3.72. The largest absolute Gasteiger partial charge is 0.490 e. The molecular formula is C21H22FN5O. The fourth-order valence-corrected chi connectivity index (χ4v) is 3.32. The van der Waals surface area contributed by atoms with Crippen molar-refractivity contribution in [2.45, 2.75) is 38.0 Å². The molecule has 7 heteroatoms. The summed E-state index contributed by atoms with van der Waals surface area (Å²) in [7, 11) is 0. The molecule has 2 aromatic heterocycles. The van der Waals surface area contributed by atoms with E-state index >= 15 is 4.39 Å². The number of nitrogen functional groups attached to an aromatic ring is 1. The first-order chi connectivity index (χ1) is 13.7. The predicted molar refractivity (Wildman–Crippen MR) is 104 cm³/mol. The zero-order valence-corrected chi connectivity index (χ0v) is 15.5. The van der Waals surface area contributed by atoms with Crippen molar-refractivity contribution in [2.24, 2.45) is 0 Å². The van der Waals surface area contributed by atoms with Gasteiger partial charge in [-0.25, -0.2) is 9.37 Å². The van der Waals surface area contributed by atoms with Crippen LogP contribution < -0.4 is 10.5 Å². The number of hydrogen-bond donors (Lipinski definition) is 1. The molecule has 1 aliphatic rings. The van der Waals surface area contributed by atoms with Gasteiger partial charge in [-0.2, -0.15) is 0 Å². The molecule has 0 unspecified atom stereocenters. The Kier molecular flexibility index (Phi) is 5.41. The van der Waals surface area contributed by atoms with Gasteiger partial charge in [0.25, 0.3) is 0 Å². The van der Waals surface area contributed by atoms with Crippen molar-refractivity contribution in [1.29, 1.82) is 0 Å². The van der Waals surface area contributed by atoms with Gasteiger partial charge in [0, 0.05) is 29.7 Å². The van der Waals surface area contributed by atoms with E-state index in [9.17, 15) is 0 Å². The molecule has 0 amide bonds. The van der Waals surface area contributed by atoms with E-state index in [2.05, 4.69) is 19.9 Å². The van der Waals surface area contributed by atoms with Gasteiger partial charge in [-0.05, 0) is 37.7 Å². The molecule has 1 saturated carbocycles. The van der Waals surface area contributed by atoms with Gasteiger partial charge in [0.05, 0.1) is 30.4 Å². The van der Waals surface area contributed by atoms with Gasteiger partial charge in [-0.3, -0.25) is 15.0 Å².